The van der Waals surface area contributed by atoms with E-state index in [9.17, 15) is 9.59 Å². The van der Waals surface area contributed by atoms with Crippen molar-refractivity contribution in [1.29, 1.82) is 0 Å². The van der Waals surface area contributed by atoms with Crippen molar-refractivity contribution in [2.24, 2.45) is 5.92 Å². The van der Waals surface area contributed by atoms with Crippen LogP contribution in [0.2, 0.25) is 0 Å². The first-order valence-corrected chi connectivity index (χ1v) is 12.2. The van der Waals surface area contributed by atoms with E-state index < -0.39 is 0 Å². The zero-order valence-corrected chi connectivity index (χ0v) is 18.9. The summed E-state index contributed by atoms with van der Waals surface area (Å²) in [6, 6.07) is 9.38. The third-order valence-electron chi connectivity index (χ3n) is 5.30. The van der Waals surface area contributed by atoms with Gasteiger partial charge in [0.15, 0.2) is 0 Å². The van der Waals surface area contributed by atoms with E-state index in [2.05, 4.69) is 29.2 Å². The fourth-order valence-corrected chi connectivity index (χ4v) is 5.45. The van der Waals surface area contributed by atoms with Crippen molar-refractivity contribution in [1.82, 2.24) is 14.6 Å². The number of rotatable bonds is 6. The highest BCUT2D eigenvalue weighted by atomic mass is 32.2. The number of carbonyl (C=O) groups is 1. The normalized spacial score (nSPS) is 15.0. The van der Waals surface area contributed by atoms with Crippen LogP contribution in [-0.2, 0) is 10.5 Å². The number of nitrogens with one attached hydrogen (secondary N) is 1. The number of nitrogens with zero attached hydrogens (tertiary/aromatic N) is 3. The first-order valence-electron chi connectivity index (χ1n) is 10.4. The molecule has 1 aliphatic carbocycles. The van der Waals surface area contributed by atoms with E-state index in [0.717, 1.165) is 47.0 Å². The standard InChI is InChI=1S/C22H26N4O2S2/c1-14(2)21-25-26-19(27)12-16(23-22(26)30-21)13-29-18-11-7-6-10-17(18)24-20(28)15-8-4-3-5-9-15/h6-7,10-12,14-15H,3-5,8-9,13H2,1-2H3,(H,24,28). The number of hydrogen-bond acceptors (Lipinski definition) is 6. The number of thioether (sulfide) groups is 1. The molecule has 0 spiro atoms. The maximum absolute atomic E-state index is 12.7. The maximum atomic E-state index is 12.7. The predicted octanol–water partition coefficient (Wildman–Crippen LogP) is 5.09. The van der Waals surface area contributed by atoms with Gasteiger partial charge in [0.2, 0.25) is 10.9 Å². The lowest BCUT2D eigenvalue weighted by Crippen LogP contribution is -2.24. The molecule has 1 saturated carbocycles. The molecule has 30 heavy (non-hydrogen) atoms. The second kappa shape index (κ2) is 9.31. The molecule has 0 unspecified atom stereocenters. The number of benzene rings is 1. The molecule has 0 atom stereocenters. The number of hydrogen-bond donors (Lipinski definition) is 1. The lowest BCUT2D eigenvalue weighted by Gasteiger charge is -2.21. The van der Waals surface area contributed by atoms with E-state index in [1.165, 1.54) is 22.3 Å². The molecule has 1 fully saturated rings. The first-order chi connectivity index (χ1) is 14.5. The molecule has 0 saturated heterocycles. The van der Waals surface area contributed by atoms with Crippen molar-refractivity contribution >= 4 is 39.7 Å². The molecule has 4 rings (SSSR count). The summed E-state index contributed by atoms with van der Waals surface area (Å²) in [5, 5.41) is 8.39. The van der Waals surface area contributed by atoms with Crippen molar-refractivity contribution in [2.45, 2.75) is 62.5 Å². The van der Waals surface area contributed by atoms with Gasteiger partial charge in [0, 0.05) is 28.6 Å². The van der Waals surface area contributed by atoms with Crippen LogP contribution >= 0.6 is 23.1 Å². The molecular weight excluding hydrogens is 416 g/mol. The molecule has 8 heteroatoms. The van der Waals surface area contributed by atoms with E-state index >= 15 is 0 Å². The molecule has 3 aromatic rings. The SMILES string of the molecule is CC(C)c1nn2c(=O)cc(CSc3ccccc3NC(=O)C3CCCCC3)nc2s1. The Morgan fingerprint density at radius 3 is 2.80 bits per heavy atom. The Morgan fingerprint density at radius 1 is 1.27 bits per heavy atom. The van der Waals surface area contributed by atoms with Crippen LogP contribution in [-0.4, -0.2) is 20.5 Å². The van der Waals surface area contributed by atoms with Gasteiger partial charge in [-0.05, 0) is 25.0 Å². The van der Waals surface area contributed by atoms with Gasteiger partial charge < -0.3 is 5.32 Å². The Balaban J connectivity index is 1.48. The molecule has 0 radical (unpaired) electrons. The number of para-hydroxylation sites is 1. The van der Waals surface area contributed by atoms with Crippen molar-refractivity contribution in [3.05, 3.63) is 51.4 Å². The summed E-state index contributed by atoms with van der Waals surface area (Å²) in [7, 11) is 0. The smallest absolute Gasteiger partial charge is 0.275 e. The van der Waals surface area contributed by atoms with Gasteiger partial charge in [-0.1, -0.05) is 56.6 Å². The molecule has 6 nitrogen and oxygen atoms in total. The lowest BCUT2D eigenvalue weighted by molar-refractivity contribution is -0.120. The quantitative estimate of drug-likeness (QED) is 0.539. The average molecular weight is 443 g/mol. The molecule has 0 aliphatic heterocycles. The van der Waals surface area contributed by atoms with E-state index in [1.807, 2.05) is 24.3 Å². The Morgan fingerprint density at radius 2 is 2.03 bits per heavy atom. The number of carbonyl (C=O) groups excluding carboxylic acids is 1. The van der Waals surface area contributed by atoms with E-state index in [1.54, 1.807) is 17.8 Å². The molecule has 2 aromatic heterocycles. The van der Waals surface area contributed by atoms with E-state index in [4.69, 9.17) is 0 Å². The number of aromatic nitrogens is 3. The molecule has 158 valence electrons. The topological polar surface area (TPSA) is 76.4 Å². The molecule has 1 amide bonds. The highest BCUT2D eigenvalue weighted by molar-refractivity contribution is 7.98. The van der Waals surface area contributed by atoms with Gasteiger partial charge >= 0.3 is 0 Å². The second-order valence-electron chi connectivity index (χ2n) is 7.98. The van der Waals surface area contributed by atoms with E-state index in [0.29, 0.717) is 10.7 Å². The molecule has 0 bridgehead atoms. The van der Waals surface area contributed by atoms with Gasteiger partial charge in [-0.2, -0.15) is 9.61 Å². The van der Waals surface area contributed by atoms with Crippen LogP contribution < -0.4 is 10.9 Å². The number of anilines is 1. The van der Waals surface area contributed by atoms with Gasteiger partial charge in [-0.15, -0.1) is 11.8 Å². The third kappa shape index (κ3) is 4.75. The van der Waals surface area contributed by atoms with E-state index in [-0.39, 0.29) is 23.3 Å². The second-order valence-corrected chi connectivity index (χ2v) is 9.99. The highest BCUT2D eigenvalue weighted by Gasteiger charge is 2.21. The summed E-state index contributed by atoms with van der Waals surface area (Å²) in [5.41, 5.74) is 1.39. The van der Waals surface area contributed by atoms with Gasteiger partial charge in [0.05, 0.1) is 11.4 Å². The van der Waals surface area contributed by atoms with Gasteiger partial charge in [-0.25, -0.2) is 4.98 Å². The van der Waals surface area contributed by atoms with Crippen LogP contribution in [0.15, 0.2) is 40.0 Å². The summed E-state index contributed by atoms with van der Waals surface area (Å²) in [5.74, 6) is 1.04. The Labute approximate surface area is 184 Å². The van der Waals surface area contributed by atoms with Crippen LogP contribution in [0.25, 0.3) is 4.96 Å². The third-order valence-corrected chi connectivity index (χ3v) is 7.62. The van der Waals surface area contributed by atoms with Crippen molar-refractivity contribution in [3.8, 4) is 0 Å². The molecule has 2 heterocycles. The zero-order valence-electron chi connectivity index (χ0n) is 17.3. The minimum atomic E-state index is -0.155. The summed E-state index contributed by atoms with van der Waals surface area (Å²) in [6.45, 7) is 4.11. The first kappa shape index (κ1) is 21.1. The van der Waals surface area contributed by atoms with Gasteiger partial charge in [-0.3, -0.25) is 9.59 Å². The largest absolute Gasteiger partial charge is 0.325 e. The molecular formula is C22H26N4O2S2. The Hall–Kier alpha value is -2.19. The molecule has 1 N–H and O–H groups in total. The number of amides is 1. The Bertz CT molecular complexity index is 1100. The predicted molar refractivity (Wildman–Crippen MR) is 122 cm³/mol. The van der Waals surface area contributed by atoms with Gasteiger partial charge in [0.1, 0.15) is 5.01 Å². The van der Waals surface area contributed by atoms with Crippen LogP contribution in [0.3, 0.4) is 0 Å². The van der Waals surface area contributed by atoms with Crippen molar-refractivity contribution < 1.29 is 4.79 Å². The minimum absolute atomic E-state index is 0.113. The van der Waals surface area contributed by atoms with Crippen molar-refractivity contribution in [2.75, 3.05) is 5.32 Å². The molecule has 1 aromatic carbocycles. The van der Waals surface area contributed by atoms with Crippen LogP contribution in [0, 0.1) is 5.92 Å². The lowest BCUT2D eigenvalue weighted by atomic mass is 9.88. The zero-order chi connectivity index (χ0) is 21.1. The summed E-state index contributed by atoms with van der Waals surface area (Å²) >= 11 is 3.04. The fraction of sp³-hybridized carbons (Fsp3) is 0.455. The van der Waals surface area contributed by atoms with Crippen LogP contribution in [0.5, 0.6) is 0 Å². The summed E-state index contributed by atoms with van der Waals surface area (Å²) in [6.07, 6.45) is 5.44. The Kier molecular flexibility index (Phi) is 6.53. The number of fused-ring (bicyclic) bond motifs is 1. The average Bonchev–Trinajstić information content (AvgIpc) is 3.19. The molecule has 1 aliphatic rings. The van der Waals surface area contributed by atoms with Crippen molar-refractivity contribution in [3.63, 3.8) is 0 Å². The minimum Gasteiger partial charge on any atom is -0.325 e. The maximum Gasteiger partial charge on any atom is 0.275 e. The summed E-state index contributed by atoms with van der Waals surface area (Å²) in [4.78, 5) is 31.3. The van der Waals surface area contributed by atoms with Crippen LogP contribution in [0.1, 0.15) is 62.6 Å². The monoisotopic (exact) mass is 442 g/mol. The van der Waals surface area contributed by atoms with Crippen LogP contribution in [0.4, 0.5) is 5.69 Å². The fourth-order valence-electron chi connectivity index (χ4n) is 3.63. The highest BCUT2D eigenvalue weighted by Crippen LogP contribution is 2.31. The van der Waals surface area contributed by atoms with Gasteiger partial charge in [0.25, 0.3) is 5.56 Å². The summed E-state index contributed by atoms with van der Waals surface area (Å²) < 4.78 is 1.38.